The van der Waals surface area contributed by atoms with Crippen LogP contribution in [0.5, 0.6) is 5.75 Å². The smallest absolute Gasteiger partial charge is 0.120 e. The molecule has 0 aromatic heterocycles. The first kappa shape index (κ1) is 14.4. The molecule has 0 amide bonds. The molecule has 2 atom stereocenters. The number of nitrogens with zero attached hydrogens (tertiary/aromatic N) is 1. The van der Waals surface area contributed by atoms with Gasteiger partial charge in [0, 0.05) is 24.8 Å². The first-order chi connectivity index (χ1) is 9.11. The summed E-state index contributed by atoms with van der Waals surface area (Å²) in [5.74, 6) is 0.392. The van der Waals surface area contributed by atoms with Crippen LogP contribution >= 0.6 is 0 Å². The lowest BCUT2D eigenvalue weighted by atomic mass is 10.0. The maximum atomic E-state index is 10.1. The summed E-state index contributed by atoms with van der Waals surface area (Å²) in [6.45, 7) is 9.20. The van der Waals surface area contributed by atoms with Crippen LogP contribution in [0.4, 0.5) is 0 Å². The normalized spacial score (nSPS) is 20.9. The second kappa shape index (κ2) is 6.40. The molecule has 1 aliphatic rings. The highest BCUT2D eigenvalue weighted by atomic mass is 16.5. The van der Waals surface area contributed by atoms with Crippen LogP contribution in [-0.4, -0.2) is 35.8 Å². The van der Waals surface area contributed by atoms with E-state index in [9.17, 15) is 5.11 Å². The van der Waals surface area contributed by atoms with Crippen molar-refractivity contribution in [1.29, 1.82) is 0 Å². The largest absolute Gasteiger partial charge is 0.508 e. The first-order valence-electron chi connectivity index (χ1n) is 7.27. The maximum absolute atomic E-state index is 10.1. The summed E-state index contributed by atoms with van der Waals surface area (Å²) in [4.78, 5) is 2.38. The number of phenols is 1. The monoisotopic (exact) mass is 263 g/mol. The van der Waals surface area contributed by atoms with E-state index in [2.05, 4.69) is 31.7 Å². The third-order valence-electron chi connectivity index (χ3n) is 4.05. The molecule has 1 saturated heterocycles. The van der Waals surface area contributed by atoms with Crippen LogP contribution in [0.25, 0.3) is 0 Å². The summed E-state index contributed by atoms with van der Waals surface area (Å²) in [6.07, 6.45) is 2.68. The molecule has 0 radical (unpaired) electrons. The summed E-state index contributed by atoms with van der Waals surface area (Å²) in [6, 6.07) is 6.04. The van der Waals surface area contributed by atoms with Gasteiger partial charge < -0.3 is 9.84 Å². The standard InChI is InChI=1S/C16H25NO2/c1-4-17(11-14-6-5-9-19-14)13(3)15-10-12(2)7-8-16(15)18/h7-8,10,13-14,18H,4-6,9,11H2,1-3H3. The predicted molar refractivity (Wildman–Crippen MR) is 77.5 cm³/mol. The summed E-state index contributed by atoms with van der Waals surface area (Å²) < 4.78 is 5.72. The van der Waals surface area contributed by atoms with E-state index in [0.29, 0.717) is 11.9 Å². The molecule has 1 aliphatic heterocycles. The summed E-state index contributed by atoms with van der Waals surface area (Å²) in [5, 5.41) is 10.1. The molecule has 0 spiro atoms. The van der Waals surface area contributed by atoms with Gasteiger partial charge >= 0.3 is 0 Å². The fourth-order valence-electron chi connectivity index (χ4n) is 2.82. The van der Waals surface area contributed by atoms with Gasteiger partial charge in [0.05, 0.1) is 6.10 Å². The molecule has 3 nitrogen and oxygen atoms in total. The van der Waals surface area contributed by atoms with Gasteiger partial charge in [-0.25, -0.2) is 0 Å². The third kappa shape index (κ3) is 3.48. The number of hydrogen-bond donors (Lipinski definition) is 1. The zero-order valence-corrected chi connectivity index (χ0v) is 12.2. The summed E-state index contributed by atoms with van der Waals surface area (Å²) >= 11 is 0. The highest BCUT2D eigenvalue weighted by molar-refractivity contribution is 5.37. The van der Waals surface area contributed by atoms with Crippen LogP contribution in [0.3, 0.4) is 0 Å². The molecule has 1 N–H and O–H groups in total. The Morgan fingerprint density at radius 2 is 2.26 bits per heavy atom. The van der Waals surface area contributed by atoms with E-state index in [-0.39, 0.29) is 6.04 Å². The molecule has 1 aromatic carbocycles. The number of ether oxygens (including phenoxy) is 1. The van der Waals surface area contributed by atoms with E-state index in [1.54, 1.807) is 6.07 Å². The molecule has 3 heteroatoms. The number of aryl methyl sites for hydroxylation is 1. The Hall–Kier alpha value is -1.06. The van der Waals surface area contributed by atoms with E-state index in [1.165, 1.54) is 12.0 Å². The van der Waals surface area contributed by atoms with E-state index in [0.717, 1.165) is 31.7 Å². The average Bonchev–Trinajstić information content (AvgIpc) is 2.91. The van der Waals surface area contributed by atoms with Crippen molar-refractivity contribution in [2.45, 2.75) is 45.8 Å². The quantitative estimate of drug-likeness (QED) is 0.885. The van der Waals surface area contributed by atoms with Crippen molar-refractivity contribution in [2.24, 2.45) is 0 Å². The predicted octanol–water partition coefficient (Wildman–Crippen LogP) is 3.26. The number of aromatic hydroxyl groups is 1. The lowest BCUT2D eigenvalue weighted by Crippen LogP contribution is -2.34. The van der Waals surface area contributed by atoms with Crippen molar-refractivity contribution in [3.05, 3.63) is 29.3 Å². The van der Waals surface area contributed by atoms with Crippen molar-refractivity contribution < 1.29 is 9.84 Å². The molecular weight excluding hydrogens is 238 g/mol. The lowest BCUT2D eigenvalue weighted by Gasteiger charge is -2.30. The van der Waals surface area contributed by atoms with Crippen molar-refractivity contribution in [3.63, 3.8) is 0 Å². The Kier molecular flexibility index (Phi) is 4.83. The van der Waals surface area contributed by atoms with Gasteiger partial charge in [0.15, 0.2) is 0 Å². The van der Waals surface area contributed by atoms with Gasteiger partial charge in [-0.2, -0.15) is 0 Å². The number of hydrogen-bond acceptors (Lipinski definition) is 3. The van der Waals surface area contributed by atoms with Crippen molar-refractivity contribution in [3.8, 4) is 5.75 Å². The molecule has 106 valence electrons. The van der Waals surface area contributed by atoms with Gasteiger partial charge in [0.25, 0.3) is 0 Å². The van der Waals surface area contributed by atoms with Gasteiger partial charge in [-0.15, -0.1) is 0 Å². The Morgan fingerprint density at radius 1 is 1.47 bits per heavy atom. The van der Waals surface area contributed by atoms with Gasteiger partial charge in [-0.1, -0.05) is 24.6 Å². The zero-order valence-electron chi connectivity index (χ0n) is 12.2. The highest BCUT2D eigenvalue weighted by Crippen LogP contribution is 2.30. The summed E-state index contributed by atoms with van der Waals surface area (Å²) in [5.41, 5.74) is 2.20. The second-order valence-corrected chi connectivity index (χ2v) is 5.46. The molecule has 2 unspecified atom stereocenters. The Balaban J connectivity index is 2.10. The van der Waals surface area contributed by atoms with Gasteiger partial charge in [0.1, 0.15) is 5.75 Å². The Labute approximate surface area is 116 Å². The molecule has 0 bridgehead atoms. The minimum absolute atomic E-state index is 0.217. The number of phenolic OH excluding ortho intramolecular Hbond substituents is 1. The van der Waals surface area contributed by atoms with Crippen LogP contribution in [-0.2, 0) is 4.74 Å². The minimum Gasteiger partial charge on any atom is -0.508 e. The Bertz CT molecular complexity index is 413. The molecule has 1 heterocycles. The number of benzene rings is 1. The fourth-order valence-corrected chi connectivity index (χ4v) is 2.82. The zero-order chi connectivity index (χ0) is 13.8. The second-order valence-electron chi connectivity index (χ2n) is 5.46. The maximum Gasteiger partial charge on any atom is 0.120 e. The van der Waals surface area contributed by atoms with E-state index < -0.39 is 0 Å². The van der Waals surface area contributed by atoms with Gasteiger partial charge in [-0.05, 0) is 39.3 Å². The van der Waals surface area contributed by atoms with Crippen LogP contribution in [0, 0.1) is 6.92 Å². The molecule has 19 heavy (non-hydrogen) atoms. The Morgan fingerprint density at radius 3 is 2.89 bits per heavy atom. The molecule has 0 saturated carbocycles. The molecular formula is C16H25NO2. The highest BCUT2D eigenvalue weighted by Gasteiger charge is 2.23. The van der Waals surface area contributed by atoms with E-state index in [4.69, 9.17) is 4.74 Å². The third-order valence-corrected chi connectivity index (χ3v) is 4.05. The van der Waals surface area contributed by atoms with E-state index >= 15 is 0 Å². The lowest BCUT2D eigenvalue weighted by molar-refractivity contribution is 0.0614. The van der Waals surface area contributed by atoms with E-state index in [1.807, 2.05) is 6.07 Å². The van der Waals surface area contributed by atoms with Crippen LogP contribution < -0.4 is 0 Å². The van der Waals surface area contributed by atoms with Crippen LogP contribution in [0.1, 0.15) is 43.9 Å². The van der Waals surface area contributed by atoms with Crippen molar-refractivity contribution in [1.82, 2.24) is 4.90 Å². The SMILES string of the molecule is CCN(CC1CCCO1)C(C)c1cc(C)ccc1O. The summed E-state index contributed by atoms with van der Waals surface area (Å²) in [7, 11) is 0. The molecule has 2 rings (SSSR count). The molecule has 1 aromatic rings. The molecule has 1 fully saturated rings. The fraction of sp³-hybridized carbons (Fsp3) is 0.625. The average molecular weight is 263 g/mol. The number of likely N-dealkylation sites (N-methyl/N-ethyl adjacent to an activating group) is 1. The van der Waals surface area contributed by atoms with Gasteiger partial charge in [-0.3, -0.25) is 4.90 Å². The molecule has 0 aliphatic carbocycles. The first-order valence-corrected chi connectivity index (χ1v) is 7.27. The topological polar surface area (TPSA) is 32.7 Å². The van der Waals surface area contributed by atoms with Crippen molar-refractivity contribution in [2.75, 3.05) is 19.7 Å². The number of rotatable bonds is 5. The van der Waals surface area contributed by atoms with Crippen molar-refractivity contribution >= 4 is 0 Å². The van der Waals surface area contributed by atoms with Crippen LogP contribution in [0.15, 0.2) is 18.2 Å². The van der Waals surface area contributed by atoms with Gasteiger partial charge in [0.2, 0.25) is 0 Å². The van der Waals surface area contributed by atoms with Crippen LogP contribution in [0.2, 0.25) is 0 Å². The minimum atomic E-state index is 0.217.